The van der Waals surface area contributed by atoms with Gasteiger partial charge in [-0.25, -0.2) is 14.4 Å². The van der Waals surface area contributed by atoms with Gasteiger partial charge < -0.3 is 10.6 Å². The van der Waals surface area contributed by atoms with E-state index in [9.17, 15) is 9.18 Å². The summed E-state index contributed by atoms with van der Waals surface area (Å²) in [4.78, 5) is 29.6. The molecule has 1 fully saturated rings. The predicted octanol–water partition coefficient (Wildman–Crippen LogP) is 5.64. The van der Waals surface area contributed by atoms with Gasteiger partial charge in [0.05, 0.1) is 35.2 Å². The molecular formula is C29H32FN9OS. The molecule has 10 nitrogen and oxygen atoms in total. The fourth-order valence-corrected chi connectivity index (χ4v) is 5.36. The highest BCUT2D eigenvalue weighted by Gasteiger charge is 2.15. The van der Waals surface area contributed by atoms with Crippen LogP contribution < -0.4 is 10.6 Å². The second kappa shape index (κ2) is 13.4. The van der Waals surface area contributed by atoms with Gasteiger partial charge in [0.15, 0.2) is 17.3 Å². The maximum absolute atomic E-state index is 12.5. The van der Waals surface area contributed by atoms with Gasteiger partial charge in [-0.2, -0.15) is 4.37 Å². The first kappa shape index (κ1) is 28.2. The fourth-order valence-electron chi connectivity index (χ4n) is 4.70. The van der Waals surface area contributed by atoms with E-state index in [-0.39, 0.29) is 5.69 Å². The van der Waals surface area contributed by atoms with Crippen molar-refractivity contribution in [2.75, 3.05) is 23.7 Å². The highest BCUT2D eigenvalue weighted by molar-refractivity contribution is 7.10. The molecule has 0 aromatic carbocycles. The first-order valence-electron chi connectivity index (χ1n) is 13.6. The number of piperidine rings is 1. The second-order valence-electron chi connectivity index (χ2n) is 9.72. The number of anilines is 3. The van der Waals surface area contributed by atoms with Crippen molar-refractivity contribution >= 4 is 40.1 Å². The molecule has 0 unspecified atom stereocenters. The van der Waals surface area contributed by atoms with E-state index >= 15 is 0 Å². The van der Waals surface area contributed by atoms with Crippen molar-refractivity contribution in [1.29, 1.82) is 0 Å². The predicted molar refractivity (Wildman–Crippen MR) is 159 cm³/mol. The molecule has 0 saturated carbocycles. The minimum atomic E-state index is -0.533. The Balaban J connectivity index is 0.000000287. The van der Waals surface area contributed by atoms with E-state index in [1.54, 1.807) is 0 Å². The van der Waals surface area contributed by atoms with E-state index in [0.717, 1.165) is 64.0 Å². The van der Waals surface area contributed by atoms with Gasteiger partial charge in [-0.05, 0) is 75.1 Å². The van der Waals surface area contributed by atoms with Crippen molar-refractivity contribution in [2.24, 2.45) is 0 Å². The highest BCUT2D eigenvalue weighted by atomic mass is 32.1. The largest absolute Gasteiger partial charge is 0.328 e. The number of aryl methyl sites for hydroxylation is 2. The first-order chi connectivity index (χ1) is 20.0. The Morgan fingerprint density at radius 2 is 1.93 bits per heavy atom. The van der Waals surface area contributed by atoms with Gasteiger partial charge in [0.1, 0.15) is 5.00 Å². The molecule has 0 aliphatic carbocycles. The lowest BCUT2D eigenvalue weighted by molar-refractivity contribution is -0.105. The van der Waals surface area contributed by atoms with Crippen LogP contribution in [0.4, 0.5) is 20.9 Å². The number of halogens is 1. The molecule has 212 valence electrons. The molecule has 0 radical (unpaired) electrons. The average molecular weight is 574 g/mol. The molecule has 1 aliphatic rings. The van der Waals surface area contributed by atoms with Crippen molar-refractivity contribution in [3.8, 4) is 11.3 Å². The quantitative estimate of drug-likeness (QED) is 0.230. The van der Waals surface area contributed by atoms with Crippen LogP contribution in [0.25, 0.3) is 16.9 Å². The number of hydrogen-bond acceptors (Lipinski definition) is 9. The van der Waals surface area contributed by atoms with Crippen LogP contribution in [0.5, 0.6) is 0 Å². The lowest BCUT2D eigenvalue weighted by Crippen LogP contribution is -2.29. The number of nitrogens with one attached hydrogen (secondary N) is 2. The zero-order valence-electron chi connectivity index (χ0n) is 23.0. The van der Waals surface area contributed by atoms with Gasteiger partial charge in [-0.3, -0.25) is 24.1 Å². The second-order valence-corrected chi connectivity index (χ2v) is 10.5. The van der Waals surface area contributed by atoms with Gasteiger partial charge >= 0.3 is 0 Å². The molecule has 5 aromatic rings. The van der Waals surface area contributed by atoms with E-state index in [1.165, 1.54) is 56.1 Å². The van der Waals surface area contributed by atoms with Crippen molar-refractivity contribution in [1.82, 2.24) is 33.6 Å². The number of amides is 1. The Morgan fingerprint density at radius 3 is 2.71 bits per heavy atom. The summed E-state index contributed by atoms with van der Waals surface area (Å²) in [6, 6.07) is 7.67. The third-order valence-electron chi connectivity index (χ3n) is 6.71. The third kappa shape index (κ3) is 7.08. The summed E-state index contributed by atoms with van der Waals surface area (Å²) >= 11 is 1.48. The summed E-state index contributed by atoms with van der Waals surface area (Å²) in [5, 5.41) is 6.64. The molecule has 5 aromatic heterocycles. The van der Waals surface area contributed by atoms with Gasteiger partial charge in [-0.15, -0.1) is 0 Å². The molecule has 1 amide bonds. The fraction of sp³-hybridized carbons (Fsp3) is 0.310. The molecule has 2 N–H and O–H groups in total. The maximum Gasteiger partial charge on any atom is 0.211 e. The molecule has 6 rings (SSSR count). The zero-order valence-corrected chi connectivity index (χ0v) is 23.9. The Morgan fingerprint density at radius 1 is 1.07 bits per heavy atom. The number of hydrogen-bond donors (Lipinski definition) is 2. The number of likely N-dealkylation sites (tertiary alicyclic amines) is 1. The Labute approximate surface area is 241 Å². The summed E-state index contributed by atoms with van der Waals surface area (Å²) in [6.07, 6.45) is 13.5. The lowest BCUT2D eigenvalue weighted by atomic mass is 10.1. The number of imidazole rings is 1. The van der Waals surface area contributed by atoms with E-state index in [0.29, 0.717) is 6.41 Å². The van der Waals surface area contributed by atoms with Crippen LogP contribution in [-0.2, 0) is 17.8 Å². The maximum atomic E-state index is 12.5. The molecule has 41 heavy (non-hydrogen) atoms. The number of aromatic nitrogens is 6. The average Bonchev–Trinajstić information content (AvgIpc) is 3.62. The SMILES string of the molecule is CCc1cc(-c2cnc3c(Nc4cc(CN5CCCCC5)ns4)nc(C)cn23)ccn1.O=CNc1ccncc1F. The van der Waals surface area contributed by atoms with Crippen molar-refractivity contribution in [3.63, 3.8) is 0 Å². The Kier molecular flexibility index (Phi) is 9.22. The number of carbonyl (C=O) groups excluding carboxylic acids is 1. The summed E-state index contributed by atoms with van der Waals surface area (Å²) < 4.78 is 19.3. The Bertz CT molecular complexity index is 1610. The number of carbonyl (C=O) groups is 1. The van der Waals surface area contributed by atoms with E-state index in [4.69, 9.17) is 4.98 Å². The highest BCUT2D eigenvalue weighted by Crippen LogP contribution is 2.28. The zero-order chi connectivity index (χ0) is 28.6. The van der Waals surface area contributed by atoms with Crippen LogP contribution in [0.1, 0.15) is 43.3 Å². The van der Waals surface area contributed by atoms with Gasteiger partial charge in [-0.1, -0.05) is 13.3 Å². The van der Waals surface area contributed by atoms with Crippen LogP contribution in [0.15, 0.2) is 55.2 Å². The first-order valence-corrected chi connectivity index (χ1v) is 14.4. The molecular weight excluding hydrogens is 541 g/mol. The van der Waals surface area contributed by atoms with Crippen LogP contribution in [0.2, 0.25) is 0 Å². The molecule has 1 aliphatic heterocycles. The topological polar surface area (TPSA) is 113 Å². The van der Waals surface area contributed by atoms with Gasteiger partial charge in [0, 0.05) is 36.4 Å². The number of pyridine rings is 2. The molecule has 1 saturated heterocycles. The summed E-state index contributed by atoms with van der Waals surface area (Å²) in [5.41, 5.74) is 6.21. The van der Waals surface area contributed by atoms with Crippen molar-refractivity contribution in [2.45, 2.75) is 46.1 Å². The minimum absolute atomic E-state index is 0.144. The number of rotatable bonds is 8. The van der Waals surface area contributed by atoms with Gasteiger partial charge in [0.25, 0.3) is 0 Å². The standard InChI is InChI=1S/C23H27N7S.C6H5FN2O/c1-3-18-11-17(7-8-24-18)20-13-25-23-22(26-16(2)14-30(20)23)27-21-12-19(28-31-21)15-29-9-5-4-6-10-29;7-5-3-8-2-1-6(5)9-4-10/h7-8,11-14H,3-6,9-10,15H2,1-2H3,(H,26,27);1-4H,(H,8,9,10). The summed E-state index contributed by atoms with van der Waals surface area (Å²) in [6.45, 7) is 7.39. The molecule has 6 heterocycles. The number of nitrogens with zero attached hydrogens (tertiary/aromatic N) is 7. The lowest BCUT2D eigenvalue weighted by Gasteiger charge is -2.25. The van der Waals surface area contributed by atoms with Crippen LogP contribution in [-0.4, -0.2) is 53.1 Å². The molecule has 0 bridgehead atoms. The van der Waals surface area contributed by atoms with E-state index in [2.05, 4.69) is 58.3 Å². The molecule has 12 heteroatoms. The van der Waals surface area contributed by atoms with Crippen LogP contribution in [0, 0.1) is 12.7 Å². The van der Waals surface area contributed by atoms with Gasteiger partial charge in [0.2, 0.25) is 6.41 Å². The minimum Gasteiger partial charge on any atom is -0.328 e. The van der Waals surface area contributed by atoms with E-state index in [1.807, 2.05) is 31.6 Å². The molecule has 0 spiro atoms. The smallest absolute Gasteiger partial charge is 0.211 e. The Hall–Kier alpha value is -4.29. The summed E-state index contributed by atoms with van der Waals surface area (Å²) in [7, 11) is 0. The normalized spacial score (nSPS) is 13.4. The molecule has 0 atom stereocenters. The summed E-state index contributed by atoms with van der Waals surface area (Å²) in [5.74, 6) is 0.221. The van der Waals surface area contributed by atoms with Crippen LogP contribution >= 0.6 is 11.5 Å². The third-order valence-corrected chi connectivity index (χ3v) is 7.45. The number of fused-ring (bicyclic) bond motifs is 1. The van der Waals surface area contributed by atoms with Crippen molar-refractivity contribution in [3.05, 3.63) is 78.1 Å². The van der Waals surface area contributed by atoms with Crippen molar-refractivity contribution < 1.29 is 9.18 Å². The van der Waals surface area contributed by atoms with E-state index < -0.39 is 5.82 Å². The van der Waals surface area contributed by atoms with Crippen LogP contribution in [0.3, 0.4) is 0 Å². The monoisotopic (exact) mass is 573 g/mol.